The van der Waals surface area contributed by atoms with Crippen LogP contribution in [0.2, 0.25) is 0 Å². The Bertz CT molecular complexity index is 611. The summed E-state index contributed by atoms with van der Waals surface area (Å²) in [7, 11) is 0. The third-order valence-electron chi connectivity index (χ3n) is 2.74. The van der Waals surface area contributed by atoms with Gasteiger partial charge in [-0.3, -0.25) is 9.59 Å². The zero-order chi connectivity index (χ0) is 15.1. The number of hydrogen-bond donors (Lipinski definition) is 1. The van der Waals surface area contributed by atoms with E-state index >= 15 is 0 Å². The van der Waals surface area contributed by atoms with Gasteiger partial charge in [-0.2, -0.15) is 0 Å². The lowest BCUT2D eigenvalue weighted by molar-refractivity contribution is -0.143. The van der Waals surface area contributed by atoms with E-state index in [4.69, 9.17) is 4.74 Å². The largest absolute Gasteiger partial charge is 0.460 e. The van der Waals surface area contributed by atoms with Crippen LogP contribution in [0, 0.1) is 0 Å². The van der Waals surface area contributed by atoms with Crippen LogP contribution in [-0.2, 0) is 16.1 Å². The molecule has 2 rings (SSSR count). The van der Waals surface area contributed by atoms with E-state index in [2.05, 4.69) is 21.2 Å². The molecule has 0 spiro atoms. The quantitative estimate of drug-likeness (QED) is 0.846. The predicted octanol–water partition coefficient (Wildman–Crippen LogP) is 2.92. The van der Waals surface area contributed by atoms with Gasteiger partial charge in [0.2, 0.25) is 0 Å². The van der Waals surface area contributed by atoms with Gasteiger partial charge in [-0.1, -0.05) is 46.3 Å². The molecule has 0 heterocycles. The van der Waals surface area contributed by atoms with Gasteiger partial charge in [0.1, 0.15) is 13.2 Å². The van der Waals surface area contributed by atoms with Gasteiger partial charge in [0.05, 0.1) is 0 Å². The van der Waals surface area contributed by atoms with Crippen molar-refractivity contribution >= 4 is 27.8 Å². The topological polar surface area (TPSA) is 55.4 Å². The summed E-state index contributed by atoms with van der Waals surface area (Å²) < 4.78 is 5.96. The van der Waals surface area contributed by atoms with Crippen LogP contribution in [0.15, 0.2) is 59.1 Å². The third-order valence-corrected chi connectivity index (χ3v) is 3.27. The van der Waals surface area contributed by atoms with Gasteiger partial charge in [0.15, 0.2) is 0 Å². The van der Waals surface area contributed by atoms with Gasteiger partial charge in [-0.25, -0.2) is 0 Å². The van der Waals surface area contributed by atoms with Gasteiger partial charge in [-0.05, 0) is 29.8 Å². The summed E-state index contributed by atoms with van der Waals surface area (Å²) in [5, 5.41) is 2.53. The Labute approximate surface area is 131 Å². The van der Waals surface area contributed by atoms with Crippen LogP contribution in [0.5, 0.6) is 0 Å². The summed E-state index contributed by atoms with van der Waals surface area (Å²) in [5.74, 6) is -0.775. The van der Waals surface area contributed by atoms with Crippen molar-refractivity contribution in [1.82, 2.24) is 5.32 Å². The fourth-order valence-electron chi connectivity index (χ4n) is 1.64. The minimum atomic E-state index is -0.468. The molecule has 0 aliphatic heterocycles. The van der Waals surface area contributed by atoms with Crippen LogP contribution in [-0.4, -0.2) is 18.4 Å². The first-order valence-corrected chi connectivity index (χ1v) is 7.18. The first-order valence-electron chi connectivity index (χ1n) is 6.38. The van der Waals surface area contributed by atoms with Crippen molar-refractivity contribution in [2.75, 3.05) is 6.54 Å². The fourth-order valence-corrected chi connectivity index (χ4v) is 1.91. The van der Waals surface area contributed by atoms with E-state index in [9.17, 15) is 9.59 Å². The van der Waals surface area contributed by atoms with E-state index < -0.39 is 5.97 Å². The van der Waals surface area contributed by atoms with Crippen molar-refractivity contribution in [1.29, 1.82) is 0 Å². The molecule has 0 aromatic heterocycles. The maximum absolute atomic E-state index is 11.8. The van der Waals surface area contributed by atoms with Crippen LogP contribution in [0.3, 0.4) is 0 Å². The summed E-state index contributed by atoms with van der Waals surface area (Å²) in [6.07, 6.45) is 0. The monoisotopic (exact) mass is 347 g/mol. The molecule has 0 radical (unpaired) electrons. The average Bonchev–Trinajstić information content (AvgIpc) is 2.52. The zero-order valence-electron chi connectivity index (χ0n) is 11.2. The molecule has 0 unspecified atom stereocenters. The standard InChI is InChI=1S/C16H14BrNO3/c17-14-8-6-13(7-9-14)16(20)18-10-15(19)21-11-12-4-2-1-3-5-12/h1-9H,10-11H2,(H,18,20). The SMILES string of the molecule is O=C(CNC(=O)c1ccc(Br)cc1)OCc1ccccc1. The van der Waals surface area contributed by atoms with Gasteiger partial charge in [-0.15, -0.1) is 0 Å². The Morgan fingerprint density at radius 1 is 1.00 bits per heavy atom. The molecular weight excluding hydrogens is 334 g/mol. The Balaban J connectivity index is 1.76. The summed E-state index contributed by atoms with van der Waals surface area (Å²) >= 11 is 3.29. The van der Waals surface area contributed by atoms with Crippen LogP contribution in [0.4, 0.5) is 0 Å². The highest BCUT2D eigenvalue weighted by Gasteiger charge is 2.08. The lowest BCUT2D eigenvalue weighted by Crippen LogP contribution is -2.30. The molecule has 1 amide bonds. The van der Waals surface area contributed by atoms with Gasteiger partial charge < -0.3 is 10.1 Å². The lowest BCUT2D eigenvalue weighted by atomic mass is 10.2. The molecule has 4 nitrogen and oxygen atoms in total. The summed E-state index contributed by atoms with van der Waals surface area (Å²) in [4.78, 5) is 23.4. The highest BCUT2D eigenvalue weighted by molar-refractivity contribution is 9.10. The molecule has 2 aromatic carbocycles. The molecule has 0 aliphatic rings. The second-order valence-corrected chi connectivity index (χ2v) is 5.25. The van der Waals surface area contributed by atoms with Crippen molar-refractivity contribution in [2.45, 2.75) is 6.61 Å². The van der Waals surface area contributed by atoms with Crippen molar-refractivity contribution < 1.29 is 14.3 Å². The lowest BCUT2D eigenvalue weighted by Gasteiger charge is -2.06. The molecule has 5 heteroatoms. The molecule has 0 atom stereocenters. The average molecular weight is 348 g/mol. The van der Waals surface area contributed by atoms with Crippen LogP contribution in [0.1, 0.15) is 15.9 Å². The van der Waals surface area contributed by atoms with E-state index in [0.29, 0.717) is 5.56 Å². The zero-order valence-corrected chi connectivity index (χ0v) is 12.8. The van der Waals surface area contributed by atoms with E-state index in [1.165, 1.54) is 0 Å². The molecule has 0 saturated heterocycles. The Morgan fingerprint density at radius 3 is 2.33 bits per heavy atom. The van der Waals surface area contributed by atoms with Gasteiger partial charge in [0.25, 0.3) is 5.91 Å². The van der Waals surface area contributed by atoms with E-state index in [1.807, 2.05) is 30.3 Å². The fraction of sp³-hybridized carbons (Fsp3) is 0.125. The second-order valence-electron chi connectivity index (χ2n) is 4.34. The molecular formula is C16H14BrNO3. The van der Waals surface area contributed by atoms with Crippen LogP contribution >= 0.6 is 15.9 Å². The van der Waals surface area contributed by atoms with Crippen molar-refractivity contribution in [3.05, 3.63) is 70.2 Å². The normalized spacial score (nSPS) is 9.95. The maximum atomic E-state index is 11.8. The molecule has 108 valence electrons. The van der Waals surface area contributed by atoms with Crippen LogP contribution in [0.25, 0.3) is 0 Å². The Morgan fingerprint density at radius 2 is 1.67 bits per heavy atom. The minimum absolute atomic E-state index is 0.151. The molecule has 0 saturated carbocycles. The number of carbonyl (C=O) groups excluding carboxylic acids is 2. The second kappa shape index (κ2) is 7.59. The molecule has 0 fully saturated rings. The third kappa shape index (κ3) is 5.04. The van der Waals surface area contributed by atoms with Crippen molar-refractivity contribution in [3.63, 3.8) is 0 Å². The summed E-state index contributed by atoms with van der Waals surface area (Å²) in [5.41, 5.74) is 1.40. The van der Waals surface area contributed by atoms with Crippen molar-refractivity contribution in [3.8, 4) is 0 Å². The number of amides is 1. The summed E-state index contributed by atoms with van der Waals surface area (Å²) in [6, 6.07) is 16.3. The number of benzene rings is 2. The predicted molar refractivity (Wildman–Crippen MR) is 82.7 cm³/mol. The number of rotatable bonds is 5. The molecule has 0 bridgehead atoms. The molecule has 1 N–H and O–H groups in total. The number of halogens is 1. The number of nitrogens with one attached hydrogen (secondary N) is 1. The first kappa shape index (κ1) is 15.3. The molecule has 21 heavy (non-hydrogen) atoms. The Kier molecular flexibility index (Phi) is 5.51. The smallest absolute Gasteiger partial charge is 0.325 e. The number of hydrogen-bond acceptors (Lipinski definition) is 3. The van der Waals surface area contributed by atoms with Gasteiger partial charge in [0, 0.05) is 10.0 Å². The van der Waals surface area contributed by atoms with E-state index in [1.54, 1.807) is 24.3 Å². The highest BCUT2D eigenvalue weighted by atomic mass is 79.9. The first-order chi connectivity index (χ1) is 10.1. The number of esters is 1. The van der Waals surface area contributed by atoms with E-state index in [-0.39, 0.29) is 19.1 Å². The van der Waals surface area contributed by atoms with Gasteiger partial charge >= 0.3 is 5.97 Å². The van der Waals surface area contributed by atoms with Crippen molar-refractivity contribution in [2.24, 2.45) is 0 Å². The Hall–Kier alpha value is -2.14. The maximum Gasteiger partial charge on any atom is 0.325 e. The number of carbonyl (C=O) groups is 2. The number of ether oxygens (including phenoxy) is 1. The van der Waals surface area contributed by atoms with Crippen LogP contribution < -0.4 is 5.32 Å². The minimum Gasteiger partial charge on any atom is -0.460 e. The molecule has 0 aliphatic carbocycles. The van der Waals surface area contributed by atoms with E-state index in [0.717, 1.165) is 10.0 Å². The summed E-state index contributed by atoms with van der Waals surface area (Å²) in [6.45, 7) is 0.0511. The highest BCUT2D eigenvalue weighted by Crippen LogP contribution is 2.10. The molecule has 2 aromatic rings.